The van der Waals surface area contributed by atoms with E-state index in [2.05, 4.69) is 5.16 Å². The van der Waals surface area contributed by atoms with Crippen molar-refractivity contribution >= 4 is 34.8 Å². The lowest BCUT2D eigenvalue weighted by molar-refractivity contribution is -0.276. The van der Waals surface area contributed by atoms with Crippen LogP contribution < -0.4 is 0 Å². The lowest BCUT2D eigenvalue weighted by atomic mass is 9.85. The van der Waals surface area contributed by atoms with E-state index in [-0.39, 0.29) is 35.7 Å². The molecule has 1 saturated heterocycles. The number of aliphatic hydroxyl groups is 1. The van der Waals surface area contributed by atoms with E-state index in [0.29, 0.717) is 11.6 Å². The molecule has 200 valence electrons. The van der Waals surface area contributed by atoms with Crippen LogP contribution in [0.4, 0.5) is 26.3 Å². The van der Waals surface area contributed by atoms with E-state index >= 15 is 0 Å². The van der Waals surface area contributed by atoms with E-state index in [4.69, 9.17) is 28.0 Å². The zero-order valence-corrected chi connectivity index (χ0v) is 20.8. The molecule has 2 aromatic carbocycles. The molecular formula is C24H20Cl2F6N2O3. The van der Waals surface area contributed by atoms with Gasteiger partial charge >= 0.3 is 12.4 Å². The van der Waals surface area contributed by atoms with Gasteiger partial charge in [0.2, 0.25) is 5.91 Å². The van der Waals surface area contributed by atoms with E-state index in [9.17, 15) is 36.2 Å². The third-order valence-electron chi connectivity index (χ3n) is 6.43. The molecule has 0 radical (unpaired) electrons. The van der Waals surface area contributed by atoms with Gasteiger partial charge in [0.05, 0.1) is 33.5 Å². The van der Waals surface area contributed by atoms with Gasteiger partial charge in [-0.15, -0.1) is 0 Å². The molecule has 37 heavy (non-hydrogen) atoms. The number of amides is 1. The molecule has 0 saturated carbocycles. The summed E-state index contributed by atoms with van der Waals surface area (Å²) in [6, 6.07) is 6.33. The van der Waals surface area contributed by atoms with Crippen molar-refractivity contribution in [3.05, 3.63) is 68.7 Å². The highest BCUT2D eigenvalue weighted by molar-refractivity contribution is 6.42. The van der Waals surface area contributed by atoms with Gasteiger partial charge in [-0.25, -0.2) is 0 Å². The molecule has 2 aliphatic heterocycles. The maximum atomic E-state index is 14.3. The molecule has 3 unspecified atom stereocenters. The van der Waals surface area contributed by atoms with Gasteiger partial charge < -0.3 is 14.8 Å². The van der Waals surface area contributed by atoms with E-state index in [1.54, 1.807) is 26.0 Å². The summed E-state index contributed by atoms with van der Waals surface area (Å²) in [5, 5.41) is 12.1. The molecule has 2 aliphatic rings. The first-order valence-electron chi connectivity index (χ1n) is 11.0. The van der Waals surface area contributed by atoms with Crippen LogP contribution in [0.5, 0.6) is 0 Å². The van der Waals surface area contributed by atoms with E-state index < -0.39 is 57.7 Å². The van der Waals surface area contributed by atoms with E-state index in [1.807, 2.05) is 0 Å². The maximum absolute atomic E-state index is 14.3. The fourth-order valence-corrected chi connectivity index (χ4v) is 4.84. The summed E-state index contributed by atoms with van der Waals surface area (Å²) in [7, 11) is 0. The highest BCUT2D eigenvalue weighted by atomic mass is 35.5. The fraction of sp³-hybridized carbons (Fsp3) is 0.417. The Balaban J connectivity index is 1.64. The molecule has 2 aromatic rings. The van der Waals surface area contributed by atoms with Gasteiger partial charge in [0.15, 0.2) is 0 Å². The molecule has 1 N–H and O–H groups in total. The van der Waals surface area contributed by atoms with Crippen LogP contribution in [0.1, 0.15) is 48.6 Å². The Hall–Kier alpha value is -2.50. The van der Waals surface area contributed by atoms with E-state index in [0.717, 1.165) is 0 Å². The van der Waals surface area contributed by atoms with Crippen molar-refractivity contribution in [1.29, 1.82) is 0 Å². The number of oxime groups is 1. The quantitative estimate of drug-likeness (QED) is 0.428. The van der Waals surface area contributed by atoms with Gasteiger partial charge in [-0.2, -0.15) is 26.3 Å². The molecule has 0 aliphatic carbocycles. The molecule has 4 rings (SSSR count). The predicted octanol–water partition coefficient (Wildman–Crippen LogP) is 6.49. The third-order valence-corrected chi connectivity index (χ3v) is 7.23. The van der Waals surface area contributed by atoms with Gasteiger partial charge in [0.25, 0.3) is 5.60 Å². The first-order valence-corrected chi connectivity index (χ1v) is 11.8. The molecule has 13 heteroatoms. The van der Waals surface area contributed by atoms with Crippen LogP contribution in [0.3, 0.4) is 0 Å². The molecule has 5 nitrogen and oxygen atoms in total. The van der Waals surface area contributed by atoms with E-state index in [1.165, 1.54) is 17.0 Å². The summed E-state index contributed by atoms with van der Waals surface area (Å²) >= 11 is 11.4. The van der Waals surface area contributed by atoms with Crippen molar-refractivity contribution < 1.29 is 41.1 Å². The fourth-order valence-electron chi connectivity index (χ4n) is 4.41. The van der Waals surface area contributed by atoms with Gasteiger partial charge in [-0.05, 0) is 23.3 Å². The Kier molecular flexibility index (Phi) is 6.96. The first-order chi connectivity index (χ1) is 17.1. The van der Waals surface area contributed by atoms with Gasteiger partial charge in [-0.3, -0.25) is 4.79 Å². The second kappa shape index (κ2) is 9.36. The summed E-state index contributed by atoms with van der Waals surface area (Å²) < 4.78 is 83.1. The molecule has 0 bridgehead atoms. The van der Waals surface area contributed by atoms with Crippen molar-refractivity contribution in [2.24, 2.45) is 11.1 Å². The van der Waals surface area contributed by atoms with Crippen molar-refractivity contribution in [3.63, 3.8) is 0 Å². The Morgan fingerprint density at radius 3 is 2.27 bits per heavy atom. The van der Waals surface area contributed by atoms with Crippen LogP contribution in [0.25, 0.3) is 0 Å². The Morgan fingerprint density at radius 2 is 1.76 bits per heavy atom. The van der Waals surface area contributed by atoms with Crippen LogP contribution >= 0.6 is 23.2 Å². The van der Waals surface area contributed by atoms with Gasteiger partial charge in [0.1, 0.15) is 0 Å². The summed E-state index contributed by atoms with van der Waals surface area (Å²) in [5.74, 6) is -0.434. The van der Waals surface area contributed by atoms with Crippen LogP contribution in [-0.2, 0) is 21.4 Å². The van der Waals surface area contributed by atoms with Crippen molar-refractivity contribution in [2.75, 3.05) is 6.54 Å². The van der Waals surface area contributed by atoms with Crippen LogP contribution in [0.15, 0.2) is 41.6 Å². The number of carbonyl (C=O) groups excluding carboxylic acids is 1. The Bertz CT molecular complexity index is 1250. The van der Waals surface area contributed by atoms with Crippen LogP contribution in [0, 0.1) is 5.92 Å². The molecule has 3 atom stereocenters. The number of halogens is 8. The number of benzene rings is 2. The Morgan fingerprint density at radius 1 is 1.14 bits per heavy atom. The second-order valence-corrected chi connectivity index (χ2v) is 10.0. The standard InChI is InChI=1S/C24H20Cl2F6N2O3/c1-11(2)21(36)34-10-18(35)20(34)13-5-3-12(4-6-13)17-9-22(37-33-17,24(30,31)32)14-7-15(23(27,28)29)19(26)16(25)8-14/h3-8,11,18,20,35H,9-10H2,1-2H3. The van der Waals surface area contributed by atoms with Gasteiger partial charge in [0, 0.05) is 24.4 Å². The monoisotopic (exact) mass is 568 g/mol. The normalized spacial score (nSPS) is 24.1. The topological polar surface area (TPSA) is 62.1 Å². The number of nitrogens with zero attached hydrogens (tertiary/aromatic N) is 2. The number of alkyl halides is 6. The lowest BCUT2D eigenvalue weighted by Crippen LogP contribution is -2.57. The molecule has 0 spiro atoms. The molecule has 2 heterocycles. The van der Waals surface area contributed by atoms with Crippen molar-refractivity contribution in [3.8, 4) is 0 Å². The van der Waals surface area contributed by atoms with Crippen molar-refractivity contribution in [2.45, 2.75) is 50.4 Å². The number of hydrogen-bond acceptors (Lipinski definition) is 4. The van der Waals surface area contributed by atoms with Crippen LogP contribution in [0.2, 0.25) is 10.0 Å². The number of carbonyl (C=O) groups is 1. The summed E-state index contributed by atoms with van der Waals surface area (Å²) in [5.41, 5.74) is -5.01. The predicted molar refractivity (Wildman–Crippen MR) is 123 cm³/mol. The smallest absolute Gasteiger partial charge is 0.389 e. The number of aliphatic hydroxyl groups excluding tert-OH is 1. The summed E-state index contributed by atoms with van der Waals surface area (Å²) in [6.45, 7) is 3.62. The Labute approximate surface area is 217 Å². The molecular weight excluding hydrogens is 549 g/mol. The average molecular weight is 569 g/mol. The van der Waals surface area contributed by atoms with Crippen molar-refractivity contribution in [1.82, 2.24) is 4.90 Å². The molecule has 1 amide bonds. The third kappa shape index (κ3) is 4.77. The highest BCUT2D eigenvalue weighted by Gasteiger charge is 2.63. The second-order valence-electron chi connectivity index (χ2n) is 9.23. The lowest BCUT2D eigenvalue weighted by Gasteiger charge is -2.46. The summed E-state index contributed by atoms with van der Waals surface area (Å²) in [6.07, 6.45) is -11.9. The molecule has 1 fully saturated rings. The highest BCUT2D eigenvalue weighted by Crippen LogP contribution is 2.51. The minimum absolute atomic E-state index is 0.150. The zero-order valence-electron chi connectivity index (χ0n) is 19.3. The minimum atomic E-state index is -5.16. The number of likely N-dealkylation sites (tertiary alicyclic amines) is 1. The first kappa shape index (κ1) is 27.5. The zero-order chi connectivity index (χ0) is 27.5. The summed E-state index contributed by atoms with van der Waals surface area (Å²) in [4.78, 5) is 18.7. The maximum Gasteiger partial charge on any atom is 0.435 e. The minimum Gasteiger partial charge on any atom is -0.389 e. The molecule has 0 aromatic heterocycles. The SMILES string of the molecule is CC(C)C(=O)N1CC(O)C1c1ccc(C2=NOC(c3cc(Cl)c(Cl)c(C(F)(F)F)c3)(C(F)(F)F)C2)cc1. The number of rotatable bonds is 4. The van der Waals surface area contributed by atoms with Crippen LogP contribution in [-0.4, -0.2) is 40.5 Å². The average Bonchev–Trinajstić information content (AvgIpc) is 3.25. The number of β-amino-alcohol motifs (C(OH)–C–C–N with tert-alkyl or cyclic N) is 1. The number of hydrogen-bond donors (Lipinski definition) is 1. The van der Waals surface area contributed by atoms with Gasteiger partial charge in [-0.1, -0.05) is 66.5 Å². The largest absolute Gasteiger partial charge is 0.435 e.